The number of ether oxygens (including phenoxy) is 1. The molecule has 2 aromatic rings. The molecule has 2 atom stereocenters. The molecule has 0 fully saturated rings. The van der Waals surface area contributed by atoms with Gasteiger partial charge in [0.25, 0.3) is 0 Å². The summed E-state index contributed by atoms with van der Waals surface area (Å²) in [7, 11) is 0. The molecule has 1 aliphatic rings. The molecular weight excluding hydrogens is 444 g/mol. The van der Waals surface area contributed by atoms with E-state index in [1.807, 2.05) is 56.3 Å². The zero-order valence-corrected chi connectivity index (χ0v) is 20.7. The van der Waals surface area contributed by atoms with E-state index in [9.17, 15) is 19.5 Å². The fourth-order valence-electron chi connectivity index (χ4n) is 4.31. The van der Waals surface area contributed by atoms with Crippen LogP contribution in [0.25, 0.3) is 11.1 Å². The van der Waals surface area contributed by atoms with E-state index < -0.39 is 29.9 Å². The lowest BCUT2D eigenvalue weighted by Gasteiger charge is -2.21. The maximum atomic E-state index is 12.8. The highest BCUT2D eigenvalue weighted by molar-refractivity contribution is 5.86. The van der Waals surface area contributed by atoms with E-state index in [-0.39, 0.29) is 31.4 Å². The molecule has 3 N–H and O–H groups in total. The largest absolute Gasteiger partial charge is 0.481 e. The van der Waals surface area contributed by atoms with E-state index in [0.717, 1.165) is 27.8 Å². The number of amides is 2. The molecule has 1 aliphatic carbocycles. The van der Waals surface area contributed by atoms with Gasteiger partial charge in [-0.1, -0.05) is 74.0 Å². The molecule has 0 spiro atoms. The number of carbonyl (C=O) groups excluding carboxylic acids is 2. The van der Waals surface area contributed by atoms with E-state index in [2.05, 4.69) is 22.8 Å². The van der Waals surface area contributed by atoms with Crippen molar-refractivity contribution in [1.82, 2.24) is 10.6 Å². The van der Waals surface area contributed by atoms with Crippen LogP contribution in [0.3, 0.4) is 0 Å². The molecule has 35 heavy (non-hydrogen) atoms. The Balaban J connectivity index is 1.65. The molecule has 0 aliphatic heterocycles. The molecule has 186 valence electrons. The number of aliphatic carboxylic acids is 1. The molecule has 2 amide bonds. The minimum atomic E-state index is -0.967. The Hall–Kier alpha value is -3.61. The Morgan fingerprint density at radius 1 is 1.00 bits per heavy atom. The van der Waals surface area contributed by atoms with Crippen molar-refractivity contribution in [2.24, 2.45) is 11.8 Å². The average molecular weight is 479 g/mol. The summed E-state index contributed by atoms with van der Waals surface area (Å²) in [6.07, 6.45) is 1.44. The summed E-state index contributed by atoms with van der Waals surface area (Å²) in [6, 6.07) is 15.3. The number of hydrogen-bond donors (Lipinski definition) is 3. The van der Waals surface area contributed by atoms with Crippen molar-refractivity contribution >= 4 is 18.0 Å². The fourth-order valence-corrected chi connectivity index (χ4v) is 4.31. The van der Waals surface area contributed by atoms with Gasteiger partial charge >= 0.3 is 12.1 Å². The predicted molar refractivity (Wildman–Crippen MR) is 135 cm³/mol. The van der Waals surface area contributed by atoms with Gasteiger partial charge in [0.2, 0.25) is 5.91 Å². The van der Waals surface area contributed by atoms with Crippen molar-refractivity contribution in [1.29, 1.82) is 0 Å². The van der Waals surface area contributed by atoms with Crippen molar-refractivity contribution in [2.75, 3.05) is 13.2 Å². The van der Waals surface area contributed by atoms with Crippen LogP contribution in [0.1, 0.15) is 51.2 Å². The lowest BCUT2D eigenvalue weighted by atomic mass is 9.96. The predicted octanol–water partition coefficient (Wildman–Crippen LogP) is 4.72. The van der Waals surface area contributed by atoms with Gasteiger partial charge in [0, 0.05) is 12.5 Å². The SMILES string of the molecule is CC(C)=CCC(NC(=O)OCC1c2ccccc2-c2ccccc21)C(=O)NCC(C(=O)O)C(C)C. The summed E-state index contributed by atoms with van der Waals surface area (Å²) in [5.41, 5.74) is 5.48. The number of allylic oxidation sites excluding steroid dienone is 1. The first-order valence-corrected chi connectivity index (χ1v) is 11.9. The summed E-state index contributed by atoms with van der Waals surface area (Å²) >= 11 is 0. The van der Waals surface area contributed by atoms with Crippen molar-refractivity contribution in [3.05, 3.63) is 71.3 Å². The normalized spacial score (nSPS) is 13.9. The topological polar surface area (TPSA) is 105 Å². The Kier molecular flexibility index (Phi) is 8.68. The van der Waals surface area contributed by atoms with Gasteiger partial charge in [0.1, 0.15) is 12.6 Å². The molecule has 0 bridgehead atoms. The van der Waals surface area contributed by atoms with E-state index in [4.69, 9.17) is 4.74 Å². The van der Waals surface area contributed by atoms with Crippen LogP contribution in [0.15, 0.2) is 60.2 Å². The maximum absolute atomic E-state index is 12.8. The Bertz CT molecular complexity index is 1060. The number of benzene rings is 2. The van der Waals surface area contributed by atoms with Crippen LogP contribution in [-0.4, -0.2) is 42.3 Å². The first-order valence-electron chi connectivity index (χ1n) is 11.9. The van der Waals surface area contributed by atoms with Crippen LogP contribution >= 0.6 is 0 Å². The number of carboxylic acids is 1. The number of nitrogens with one attached hydrogen (secondary N) is 2. The third-order valence-electron chi connectivity index (χ3n) is 6.33. The van der Waals surface area contributed by atoms with Gasteiger partial charge < -0.3 is 20.5 Å². The molecule has 2 aromatic carbocycles. The molecule has 7 heteroatoms. The van der Waals surface area contributed by atoms with Gasteiger partial charge in [-0.25, -0.2) is 4.79 Å². The number of fused-ring (bicyclic) bond motifs is 3. The smallest absolute Gasteiger partial charge is 0.407 e. The van der Waals surface area contributed by atoms with E-state index in [1.54, 1.807) is 13.8 Å². The third-order valence-corrected chi connectivity index (χ3v) is 6.33. The number of carboxylic acid groups (broad SMARTS) is 1. The van der Waals surface area contributed by atoms with E-state index >= 15 is 0 Å². The van der Waals surface area contributed by atoms with E-state index in [1.165, 1.54) is 0 Å². The first kappa shape index (κ1) is 26.0. The number of rotatable bonds is 10. The first-order chi connectivity index (χ1) is 16.7. The van der Waals surface area contributed by atoms with Gasteiger partial charge in [0.15, 0.2) is 0 Å². The van der Waals surface area contributed by atoms with Gasteiger partial charge in [-0.3, -0.25) is 9.59 Å². The molecule has 0 saturated carbocycles. The summed E-state index contributed by atoms with van der Waals surface area (Å²) in [6.45, 7) is 7.53. The highest BCUT2D eigenvalue weighted by Gasteiger charge is 2.30. The lowest BCUT2D eigenvalue weighted by Crippen LogP contribution is -2.48. The molecule has 2 unspecified atom stereocenters. The second-order valence-corrected chi connectivity index (χ2v) is 9.47. The molecule has 3 rings (SSSR count). The maximum Gasteiger partial charge on any atom is 0.407 e. The van der Waals surface area contributed by atoms with Crippen LogP contribution < -0.4 is 10.6 Å². The van der Waals surface area contributed by atoms with Gasteiger partial charge in [-0.15, -0.1) is 0 Å². The van der Waals surface area contributed by atoms with Crippen LogP contribution in [0, 0.1) is 11.8 Å². The zero-order chi connectivity index (χ0) is 25.5. The van der Waals surface area contributed by atoms with E-state index in [0.29, 0.717) is 0 Å². The van der Waals surface area contributed by atoms with Gasteiger partial charge in [0.05, 0.1) is 5.92 Å². The summed E-state index contributed by atoms with van der Waals surface area (Å²) in [5.74, 6) is -2.34. The van der Waals surface area contributed by atoms with Crippen molar-refractivity contribution < 1.29 is 24.2 Å². The Morgan fingerprint density at radius 3 is 2.09 bits per heavy atom. The summed E-state index contributed by atoms with van der Waals surface area (Å²) < 4.78 is 5.58. The minimum Gasteiger partial charge on any atom is -0.481 e. The van der Waals surface area contributed by atoms with Crippen LogP contribution in [0.5, 0.6) is 0 Å². The second kappa shape index (κ2) is 11.7. The molecule has 0 heterocycles. The Morgan fingerprint density at radius 2 is 1.57 bits per heavy atom. The van der Waals surface area contributed by atoms with Gasteiger partial charge in [-0.05, 0) is 48.4 Å². The van der Waals surface area contributed by atoms with Crippen molar-refractivity contribution in [2.45, 2.75) is 46.1 Å². The zero-order valence-electron chi connectivity index (χ0n) is 20.7. The lowest BCUT2D eigenvalue weighted by molar-refractivity contribution is -0.143. The van der Waals surface area contributed by atoms with Crippen LogP contribution in [0.2, 0.25) is 0 Å². The van der Waals surface area contributed by atoms with Crippen LogP contribution in [0.4, 0.5) is 4.79 Å². The minimum absolute atomic E-state index is 0.0104. The molecule has 0 saturated heterocycles. The third kappa shape index (κ3) is 6.50. The molecule has 0 radical (unpaired) electrons. The Labute approximate surface area is 206 Å². The number of alkyl carbamates (subject to hydrolysis) is 1. The summed E-state index contributed by atoms with van der Waals surface area (Å²) in [5, 5.41) is 14.7. The highest BCUT2D eigenvalue weighted by atomic mass is 16.5. The number of hydrogen-bond acceptors (Lipinski definition) is 4. The number of carbonyl (C=O) groups is 3. The quantitative estimate of drug-likeness (QED) is 0.429. The monoisotopic (exact) mass is 478 g/mol. The molecule has 0 aromatic heterocycles. The standard InChI is InChI=1S/C28H34N2O5/c1-17(2)13-14-25(26(31)29-15-23(18(3)4)27(32)33)30-28(34)35-16-24-21-11-7-5-9-19(21)20-10-6-8-12-22(20)24/h5-13,18,23-25H,14-16H2,1-4H3,(H,29,31)(H,30,34)(H,32,33). The molecular formula is C28H34N2O5. The average Bonchev–Trinajstić information content (AvgIpc) is 3.13. The van der Waals surface area contributed by atoms with Crippen LogP contribution in [-0.2, 0) is 14.3 Å². The van der Waals surface area contributed by atoms with Crippen molar-refractivity contribution in [3.63, 3.8) is 0 Å². The highest BCUT2D eigenvalue weighted by Crippen LogP contribution is 2.44. The van der Waals surface area contributed by atoms with Gasteiger partial charge in [-0.2, -0.15) is 0 Å². The molecule has 7 nitrogen and oxygen atoms in total. The second-order valence-electron chi connectivity index (χ2n) is 9.47. The van der Waals surface area contributed by atoms with Crippen molar-refractivity contribution in [3.8, 4) is 11.1 Å². The summed E-state index contributed by atoms with van der Waals surface area (Å²) in [4.78, 5) is 37.0. The fraction of sp³-hybridized carbons (Fsp3) is 0.393.